The lowest BCUT2D eigenvalue weighted by molar-refractivity contribution is 0.102. The third kappa shape index (κ3) is 4.77. The molecule has 6 nitrogen and oxygen atoms in total. The van der Waals surface area contributed by atoms with Gasteiger partial charge in [0.2, 0.25) is 16.2 Å². The molecule has 8 heteroatoms. The SMILES string of the molecule is CCOc1ncccc1C(=O)Nc1nc(SCc2ccccc2)ns1. The first-order chi connectivity index (χ1) is 12.3. The van der Waals surface area contributed by atoms with E-state index in [0.29, 0.717) is 28.3 Å². The second-order valence-corrected chi connectivity index (χ2v) is 6.59. The number of anilines is 1. The first-order valence-corrected chi connectivity index (χ1v) is 9.41. The summed E-state index contributed by atoms with van der Waals surface area (Å²) in [5, 5.41) is 3.84. The van der Waals surface area contributed by atoms with E-state index in [1.165, 1.54) is 17.3 Å². The van der Waals surface area contributed by atoms with Crippen LogP contribution in [0.2, 0.25) is 0 Å². The standard InChI is InChI=1S/C17H16N4O2S2/c1-2-23-15-13(9-6-10-18-15)14(22)19-16-20-17(21-25-16)24-11-12-7-4-3-5-8-12/h3-10H,2,11H2,1H3,(H,19,20,21,22). The Morgan fingerprint density at radius 2 is 2.08 bits per heavy atom. The molecule has 0 spiro atoms. The summed E-state index contributed by atoms with van der Waals surface area (Å²) in [7, 11) is 0. The Balaban J connectivity index is 1.62. The number of nitrogens with zero attached hydrogens (tertiary/aromatic N) is 3. The first kappa shape index (κ1) is 17.4. The maximum Gasteiger partial charge on any atom is 0.262 e. The summed E-state index contributed by atoms with van der Waals surface area (Å²) >= 11 is 2.68. The zero-order chi connectivity index (χ0) is 17.5. The number of ether oxygens (including phenoxy) is 1. The van der Waals surface area contributed by atoms with E-state index in [9.17, 15) is 4.79 Å². The summed E-state index contributed by atoms with van der Waals surface area (Å²) in [5.41, 5.74) is 1.57. The van der Waals surface area contributed by atoms with Crippen molar-refractivity contribution in [3.8, 4) is 5.88 Å². The highest BCUT2D eigenvalue weighted by Crippen LogP contribution is 2.24. The number of rotatable bonds is 7. The first-order valence-electron chi connectivity index (χ1n) is 7.66. The Morgan fingerprint density at radius 3 is 2.88 bits per heavy atom. The minimum absolute atomic E-state index is 0.311. The molecule has 128 valence electrons. The van der Waals surface area contributed by atoms with Crippen LogP contribution >= 0.6 is 23.3 Å². The molecule has 3 aromatic rings. The largest absolute Gasteiger partial charge is 0.477 e. The summed E-state index contributed by atoms with van der Waals surface area (Å²) in [4.78, 5) is 20.8. The average molecular weight is 372 g/mol. The van der Waals surface area contributed by atoms with Gasteiger partial charge in [-0.1, -0.05) is 42.1 Å². The van der Waals surface area contributed by atoms with E-state index in [2.05, 4.69) is 31.8 Å². The normalized spacial score (nSPS) is 10.4. The van der Waals surface area contributed by atoms with Crippen LogP contribution in [0.4, 0.5) is 5.13 Å². The molecule has 0 aliphatic rings. The van der Waals surface area contributed by atoms with Gasteiger partial charge in [-0.15, -0.1) is 0 Å². The highest BCUT2D eigenvalue weighted by Gasteiger charge is 2.15. The number of benzene rings is 1. The van der Waals surface area contributed by atoms with Crippen LogP contribution in [0.3, 0.4) is 0 Å². The molecule has 2 heterocycles. The van der Waals surface area contributed by atoms with Crippen molar-refractivity contribution in [3.05, 3.63) is 59.8 Å². The molecule has 0 fully saturated rings. The van der Waals surface area contributed by atoms with Crippen molar-refractivity contribution in [3.63, 3.8) is 0 Å². The van der Waals surface area contributed by atoms with E-state index in [1.54, 1.807) is 18.3 Å². The smallest absolute Gasteiger partial charge is 0.262 e. The molecule has 25 heavy (non-hydrogen) atoms. The maximum absolute atomic E-state index is 12.4. The van der Waals surface area contributed by atoms with Gasteiger partial charge in [0, 0.05) is 23.5 Å². The van der Waals surface area contributed by atoms with E-state index in [-0.39, 0.29) is 5.91 Å². The van der Waals surface area contributed by atoms with Crippen LogP contribution in [0.25, 0.3) is 0 Å². The van der Waals surface area contributed by atoms with Crippen molar-refractivity contribution >= 4 is 34.3 Å². The Kier molecular flexibility index (Phi) is 5.97. The molecule has 0 aliphatic heterocycles. The molecule has 0 atom stereocenters. The summed E-state index contributed by atoms with van der Waals surface area (Å²) in [6.07, 6.45) is 1.59. The molecule has 0 unspecified atom stereocenters. The number of nitrogens with one attached hydrogen (secondary N) is 1. The predicted molar refractivity (Wildman–Crippen MR) is 99.3 cm³/mol. The van der Waals surface area contributed by atoms with Gasteiger partial charge in [-0.25, -0.2) is 4.98 Å². The van der Waals surface area contributed by atoms with Crippen molar-refractivity contribution in [2.24, 2.45) is 0 Å². The average Bonchev–Trinajstić information content (AvgIpc) is 3.09. The Morgan fingerprint density at radius 1 is 1.24 bits per heavy atom. The van der Waals surface area contributed by atoms with Gasteiger partial charge in [0.15, 0.2) is 0 Å². The molecule has 1 amide bonds. The van der Waals surface area contributed by atoms with E-state index < -0.39 is 0 Å². The van der Waals surface area contributed by atoms with Gasteiger partial charge >= 0.3 is 0 Å². The van der Waals surface area contributed by atoms with Crippen molar-refractivity contribution < 1.29 is 9.53 Å². The Hall–Kier alpha value is -2.45. The lowest BCUT2D eigenvalue weighted by atomic mass is 10.2. The van der Waals surface area contributed by atoms with Crippen molar-refractivity contribution in [1.29, 1.82) is 0 Å². The topological polar surface area (TPSA) is 77.0 Å². The van der Waals surface area contributed by atoms with Crippen molar-refractivity contribution in [1.82, 2.24) is 14.3 Å². The van der Waals surface area contributed by atoms with Crippen LogP contribution in [0.1, 0.15) is 22.8 Å². The minimum atomic E-state index is -0.313. The quantitative estimate of drug-likeness (QED) is 0.634. The molecular formula is C17H16N4O2S2. The molecule has 0 saturated heterocycles. The number of hydrogen-bond donors (Lipinski definition) is 1. The minimum Gasteiger partial charge on any atom is -0.477 e. The lowest BCUT2D eigenvalue weighted by Crippen LogP contribution is -2.14. The fourth-order valence-electron chi connectivity index (χ4n) is 2.02. The molecule has 3 rings (SSSR count). The van der Waals surface area contributed by atoms with E-state index in [1.807, 2.05) is 25.1 Å². The van der Waals surface area contributed by atoms with Crippen LogP contribution in [0.15, 0.2) is 53.8 Å². The molecule has 0 bridgehead atoms. The van der Waals surface area contributed by atoms with Gasteiger partial charge in [-0.2, -0.15) is 9.36 Å². The van der Waals surface area contributed by atoms with Gasteiger partial charge in [0.25, 0.3) is 5.91 Å². The summed E-state index contributed by atoms with van der Waals surface area (Å²) in [5.74, 6) is 0.778. The van der Waals surface area contributed by atoms with Crippen LogP contribution in [0, 0.1) is 0 Å². The fourth-order valence-corrected chi connectivity index (χ4v) is 3.52. The van der Waals surface area contributed by atoms with Gasteiger partial charge in [0.1, 0.15) is 5.56 Å². The molecule has 0 saturated carbocycles. The third-order valence-corrected chi connectivity index (χ3v) is 4.80. The van der Waals surface area contributed by atoms with Crippen molar-refractivity contribution in [2.75, 3.05) is 11.9 Å². The number of pyridine rings is 1. The van der Waals surface area contributed by atoms with Crippen LogP contribution in [-0.4, -0.2) is 26.9 Å². The zero-order valence-electron chi connectivity index (χ0n) is 13.5. The number of amides is 1. The molecule has 2 aromatic heterocycles. The number of hydrogen-bond acceptors (Lipinski definition) is 7. The molecule has 0 aliphatic carbocycles. The van der Waals surface area contributed by atoms with Gasteiger partial charge in [-0.3, -0.25) is 10.1 Å². The summed E-state index contributed by atoms with van der Waals surface area (Å²) in [6.45, 7) is 2.29. The summed E-state index contributed by atoms with van der Waals surface area (Å²) < 4.78 is 9.65. The van der Waals surface area contributed by atoms with Gasteiger partial charge in [-0.05, 0) is 24.6 Å². The van der Waals surface area contributed by atoms with Crippen LogP contribution in [0.5, 0.6) is 5.88 Å². The van der Waals surface area contributed by atoms with E-state index in [0.717, 1.165) is 17.3 Å². The summed E-state index contributed by atoms with van der Waals surface area (Å²) in [6, 6.07) is 13.5. The molecule has 1 N–H and O–H groups in total. The molecule has 0 radical (unpaired) electrons. The number of thioether (sulfide) groups is 1. The van der Waals surface area contributed by atoms with Crippen molar-refractivity contribution in [2.45, 2.75) is 17.8 Å². The fraction of sp³-hybridized carbons (Fsp3) is 0.176. The highest BCUT2D eigenvalue weighted by atomic mass is 32.2. The third-order valence-electron chi connectivity index (χ3n) is 3.14. The zero-order valence-corrected chi connectivity index (χ0v) is 15.1. The monoisotopic (exact) mass is 372 g/mol. The van der Waals surface area contributed by atoms with Crippen LogP contribution < -0.4 is 10.1 Å². The second kappa shape index (κ2) is 8.59. The lowest BCUT2D eigenvalue weighted by Gasteiger charge is -2.07. The van der Waals surface area contributed by atoms with E-state index >= 15 is 0 Å². The Bertz CT molecular complexity index is 839. The van der Waals surface area contributed by atoms with Crippen LogP contribution in [-0.2, 0) is 5.75 Å². The highest BCUT2D eigenvalue weighted by molar-refractivity contribution is 7.98. The van der Waals surface area contributed by atoms with Gasteiger partial charge in [0.05, 0.1) is 6.61 Å². The number of aromatic nitrogens is 3. The van der Waals surface area contributed by atoms with Gasteiger partial charge < -0.3 is 4.74 Å². The Labute approximate surface area is 153 Å². The molecule has 1 aromatic carbocycles. The molecular weight excluding hydrogens is 356 g/mol. The number of carbonyl (C=O) groups is 1. The predicted octanol–water partition coefficient (Wildman–Crippen LogP) is 3.88. The number of carbonyl (C=O) groups excluding carboxylic acids is 1. The van der Waals surface area contributed by atoms with E-state index in [4.69, 9.17) is 4.74 Å². The second-order valence-electron chi connectivity index (χ2n) is 4.90. The maximum atomic E-state index is 12.4.